The fourth-order valence-corrected chi connectivity index (χ4v) is 1.71. The van der Waals surface area contributed by atoms with Gasteiger partial charge < -0.3 is 4.90 Å². The van der Waals surface area contributed by atoms with Crippen LogP contribution in [-0.4, -0.2) is 29.8 Å². The van der Waals surface area contributed by atoms with Crippen molar-refractivity contribution >= 4 is 17.5 Å². The SMILES string of the molecule is CCC1CC(=O)N(CCCCl)C1. The molecule has 12 heavy (non-hydrogen) atoms. The second kappa shape index (κ2) is 4.70. The first-order valence-corrected chi connectivity index (χ1v) is 5.15. The van der Waals surface area contributed by atoms with Crippen molar-refractivity contribution in [2.75, 3.05) is 19.0 Å². The summed E-state index contributed by atoms with van der Waals surface area (Å²) in [5.74, 6) is 1.56. The van der Waals surface area contributed by atoms with Gasteiger partial charge in [-0.2, -0.15) is 0 Å². The van der Waals surface area contributed by atoms with Gasteiger partial charge in [-0.25, -0.2) is 0 Å². The highest BCUT2D eigenvalue weighted by molar-refractivity contribution is 6.17. The van der Waals surface area contributed by atoms with Gasteiger partial charge in [-0.05, 0) is 12.3 Å². The van der Waals surface area contributed by atoms with Crippen molar-refractivity contribution in [3.05, 3.63) is 0 Å². The Morgan fingerprint density at radius 2 is 2.42 bits per heavy atom. The van der Waals surface area contributed by atoms with E-state index in [9.17, 15) is 4.79 Å². The van der Waals surface area contributed by atoms with Crippen LogP contribution in [0.25, 0.3) is 0 Å². The normalized spacial score (nSPS) is 23.7. The lowest BCUT2D eigenvalue weighted by Crippen LogP contribution is -2.26. The van der Waals surface area contributed by atoms with Crippen LogP contribution in [0.15, 0.2) is 0 Å². The monoisotopic (exact) mass is 189 g/mol. The number of halogens is 1. The maximum absolute atomic E-state index is 11.3. The predicted octanol–water partition coefficient (Wildman–Crippen LogP) is 1.87. The third-order valence-corrected chi connectivity index (χ3v) is 2.70. The van der Waals surface area contributed by atoms with Crippen molar-refractivity contribution < 1.29 is 4.79 Å². The van der Waals surface area contributed by atoms with Crippen LogP contribution < -0.4 is 0 Å². The second-order valence-electron chi connectivity index (χ2n) is 3.36. The Hall–Kier alpha value is -0.240. The fourth-order valence-electron chi connectivity index (χ4n) is 1.59. The Bertz CT molecular complexity index is 161. The quantitative estimate of drug-likeness (QED) is 0.619. The van der Waals surface area contributed by atoms with Crippen molar-refractivity contribution in [3.8, 4) is 0 Å². The number of nitrogens with zero attached hydrogens (tertiary/aromatic N) is 1. The summed E-state index contributed by atoms with van der Waals surface area (Å²) in [6, 6.07) is 0. The standard InChI is InChI=1S/C9H16ClNO/c1-2-8-6-9(12)11(7-8)5-3-4-10/h8H,2-7H2,1H3. The molecule has 0 saturated carbocycles. The molecule has 1 aliphatic rings. The van der Waals surface area contributed by atoms with Crippen LogP contribution in [0.4, 0.5) is 0 Å². The van der Waals surface area contributed by atoms with Crippen LogP contribution >= 0.6 is 11.6 Å². The summed E-state index contributed by atoms with van der Waals surface area (Å²) in [6.45, 7) is 3.94. The average molecular weight is 190 g/mol. The lowest BCUT2D eigenvalue weighted by molar-refractivity contribution is -0.127. The molecule has 0 aromatic rings. The van der Waals surface area contributed by atoms with Crippen LogP contribution in [0.1, 0.15) is 26.2 Å². The summed E-state index contributed by atoms with van der Waals surface area (Å²) in [5.41, 5.74) is 0. The largest absolute Gasteiger partial charge is 0.342 e. The zero-order valence-corrected chi connectivity index (χ0v) is 8.31. The third-order valence-electron chi connectivity index (χ3n) is 2.43. The molecule has 1 unspecified atom stereocenters. The summed E-state index contributed by atoms with van der Waals surface area (Å²) in [7, 11) is 0. The minimum absolute atomic E-state index is 0.312. The van der Waals surface area contributed by atoms with Gasteiger partial charge in [0, 0.05) is 25.4 Å². The molecule has 0 aromatic heterocycles. The average Bonchev–Trinajstić information content (AvgIpc) is 2.43. The van der Waals surface area contributed by atoms with Gasteiger partial charge >= 0.3 is 0 Å². The highest BCUT2D eigenvalue weighted by Gasteiger charge is 2.27. The highest BCUT2D eigenvalue weighted by atomic mass is 35.5. The van der Waals surface area contributed by atoms with Crippen molar-refractivity contribution in [3.63, 3.8) is 0 Å². The Kier molecular flexibility index (Phi) is 3.86. The molecule has 0 aromatic carbocycles. The lowest BCUT2D eigenvalue weighted by Gasteiger charge is -2.14. The Labute approximate surface area is 78.9 Å². The lowest BCUT2D eigenvalue weighted by atomic mass is 10.1. The maximum atomic E-state index is 11.3. The summed E-state index contributed by atoms with van der Waals surface area (Å²) in [5, 5.41) is 0. The summed E-state index contributed by atoms with van der Waals surface area (Å²) >= 11 is 5.56. The first kappa shape index (κ1) is 9.85. The fraction of sp³-hybridized carbons (Fsp3) is 0.889. The third kappa shape index (κ3) is 2.37. The van der Waals surface area contributed by atoms with E-state index < -0.39 is 0 Å². The molecule has 1 aliphatic heterocycles. The van der Waals surface area contributed by atoms with E-state index in [-0.39, 0.29) is 0 Å². The van der Waals surface area contributed by atoms with Gasteiger partial charge in [0.1, 0.15) is 0 Å². The van der Waals surface area contributed by atoms with Gasteiger partial charge in [-0.3, -0.25) is 4.79 Å². The van der Waals surface area contributed by atoms with Gasteiger partial charge in [-0.15, -0.1) is 11.6 Å². The second-order valence-corrected chi connectivity index (χ2v) is 3.74. The van der Waals surface area contributed by atoms with Gasteiger partial charge in [-0.1, -0.05) is 13.3 Å². The molecule has 0 N–H and O–H groups in total. The zero-order valence-electron chi connectivity index (χ0n) is 7.55. The number of amides is 1. The van der Waals surface area contributed by atoms with E-state index in [1.807, 2.05) is 4.90 Å². The Balaban J connectivity index is 2.31. The number of likely N-dealkylation sites (tertiary alicyclic amines) is 1. The first-order valence-electron chi connectivity index (χ1n) is 4.61. The van der Waals surface area contributed by atoms with E-state index in [0.717, 1.165) is 32.4 Å². The van der Waals surface area contributed by atoms with Crippen LogP contribution in [-0.2, 0) is 4.79 Å². The van der Waals surface area contributed by atoms with E-state index in [0.29, 0.717) is 17.7 Å². The number of hydrogen-bond acceptors (Lipinski definition) is 1. The topological polar surface area (TPSA) is 20.3 Å². The molecule has 3 heteroatoms. The predicted molar refractivity (Wildman–Crippen MR) is 50.3 cm³/mol. The molecular formula is C9H16ClNO. The van der Waals surface area contributed by atoms with Crippen LogP contribution in [0.3, 0.4) is 0 Å². The van der Waals surface area contributed by atoms with E-state index >= 15 is 0 Å². The van der Waals surface area contributed by atoms with E-state index in [4.69, 9.17) is 11.6 Å². The minimum atomic E-state index is 0.312. The first-order chi connectivity index (χ1) is 5.77. The summed E-state index contributed by atoms with van der Waals surface area (Å²) in [4.78, 5) is 13.3. The number of hydrogen-bond donors (Lipinski definition) is 0. The molecule has 0 radical (unpaired) electrons. The molecular weight excluding hydrogens is 174 g/mol. The van der Waals surface area contributed by atoms with Gasteiger partial charge in [0.05, 0.1) is 0 Å². The molecule has 1 atom stereocenters. The molecule has 1 rings (SSSR count). The van der Waals surface area contributed by atoms with Crippen LogP contribution in [0.2, 0.25) is 0 Å². The van der Waals surface area contributed by atoms with Crippen LogP contribution in [0, 0.1) is 5.92 Å². The summed E-state index contributed by atoms with van der Waals surface area (Å²) < 4.78 is 0. The number of carbonyl (C=O) groups excluding carboxylic acids is 1. The molecule has 0 bridgehead atoms. The van der Waals surface area contributed by atoms with E-state index in [2.05, 4.69) is 6.92 Å². The van der Waals surface area contributed by atoms with Crippen molar-refractivity contribution in [2.45, 2.75) is 26.2 Å². The highest BCUT2D eigenvalue weighted by Crippen LogP contribution is 2.20. The van der Waals surface area contributed by atoms with Gasteiger partial charge in [0.2, 0.25) is 5.91 Å². The Morgan fingerprint density at radius 1 is 1.67 bits per heavy atom. The van der Waals surface area contributed by atoms with E-state index in [1.165, 1.54) is 0 Å². The number of alkyl halides is 1. The van der Waals surface area contributed by atoms with Crippen LogP contribution in [0.5, 0.6) is 0 Å². The molecule has 1 heterocycles. The van der Waals surface area contributed by atoms with Crippen molar-refractivity contribution in [1.29, 1.82) is 0 Å². The molecule has 1 saturated heterocycles. The van der Waals surface area contributed by atoms with Crippen molar-refractivity contribution in [2.24, 2.45) is 5.92 Å². The molecule has 0 spiro atoms. The minimum Gasteiger partial charge on any atom is -0.342 e. The van der Waals surface area contributed by atoms with Gasteiger partial charge in [0.25, 0.3) is 0 Å². The summed E-state index contributed by atoms with van der Waals surface area (Å²) in [6.07, 6.45) is 2.78. The van der Waals surface area contributed by atoms with E-state index in [1.54, 1.807) is 0 Å². The molecule has 70 valence electrons. The smallest absolute Gasteiger partial charge is 0.222 e. The zero-order chi connectivity index (χ0) is 8.97. The molecule has 1 amide bonds. The van der Waals surface area contributed by atoms with Crippen molar-refractivity contribution in [1.82, 2.24) is 4.90 Å². The number of carbonyl (C=O) groups is 1. The van der Waals surface area contributed by atoms with Gasteiger partial charge in [0.15, 0.2) is 0 Å². The molecule has 0 aliphatic carbocycles. The molecule has 2 nitrogen and oxygen atoms in total. The number of rotatable bonds is 4. The molecule has 1 fully saturated rings. The maximum Gasteiger partial charge on any atom is 0.222 e. The Morgan fingerprint density at radius 3 is 2.92 bits per heavy atom.